The third-order valence-corrected chi connectivity index (χ3v) is 4.01. The highest BCUT2D eigenvalue weighted by Crippen LogP contribution is 2.18. The van der Waals surface area contributed by atoms with Gasteiger partial charge in [-0.15, -0.1) is 0 Å². The molecule has 1 rings (SSSR count). The first-order valence-electron chi connectivity index (χ1n) is 7.60. The highest BCUT2D eigenvalue weighted by Gasteiger charge is 2.27. The van der Waals surface area contributed by atoms with Gasteiger partial charge in [0.05, 0.1) is 12.1 Å². The zero-order valence-corrected chi connectivity index (χ0v) is 13.8. The normalized spacial score (nSPS) is 14.8. The van der Waals surface area contributed by atoms with E-state index in [0.29, 0.717) is 5.56 Å². The summed E-state index contributed by atoms with van der Waals surface area (Å²) in [6.45, 7) is 7.59. The van der Waals surface area contributed by atoms with Gasteiger partial charge < -0.3 is 15.7 Å². The van der Waals surface area contributed by atoms with Crippen LogP contribution in [0.3, 0.4) is 0 Å². The smallest absolute Gasteiger partial charge is 0.251 e. The maximum atomic E-state index is 11.9. The second-order valence-electron chi connectivity index (χ2n) is 6.00. The zero-order valence-electron chi connectivity index (χ0n) is 13.8. The molecule has 122 valence electrons. The Balaban J connectivity index is 2.42. The molecule has 0 aliphatic heterocycles. The van der Waals surface area contributed by atoms with Gasteiger partial charge in [0.25, 0.3) is 5.91 Å². The number of benzene rings is 1. The Morgan fingerprint density at radius 3 is 2.59 bits per heavy atom. The molecule has 0 aliphatic rings. The van der Waals surface area contributed by atoms with Gasteiger partial charge in [-0.1, -0.05) is 38.0 Å². The van der Waals surface area contributed by atoms with Crippen LogP contribution < -0.4 is 10.6 Å². The molecule has 2 atom stereocenters. The van der Waals surface area contributed by atoms with Gasteiger partial charge in [0.1, 0.15) is 0 Å². The summed E-state index contributed by atoms with van der Waals surface area (Å²) in [5.41, 5.74) is 0.561. The fraction of sp³-hybridized carbons (Fsp3) is 0.529. The average Bonchev–Trinajstić information content (AvgIpc) is 2.49. The number of carbonyl (C=O) groups is 2. The van der Waals surface area contributed by atoms with E-state index >= 15 is 0 Å². The third-order valence-electron chi connectivity index (χ3n) is 4.01. The molecular weight excluding hydrogens is 280 g/mol. The Morgan fingerprint density at radius 2 is 2.00 bits per heavy atom. The summed E-state index contributed by atoms with van der Waals surface area (Å²) < 4.78 is 0. The molecule has 0 radical (unpaired) electrons. The number of aliphatic hydroxyl groups is 1. The van der Waals surface area contributed by atoms with Crippen molar-refractivity contribution < 1.29 is 14.7 Å². The van der Waals surface area contributed by atoms with Crippen molar-refractivity contribution in [1.29, 1.82) is 0 Å². The van der Waals surface area contributed by atoms with Crippen molar-refractivity contribution in [2.45, 2.75) is 39.7 Å². The summed E-state index contributed by atoms with van der Waals surface area (Å²) in [7, 11) is 0. The van der Waals surface area contributed by atoms with E-state index in [4.69, 9.17) is 0 Å². The molecule has 0 aromatic heterocycles. The molecular formula is C17H26N2O3. The first-order valence-corrected chi connectivity index (χ1v) is 7.60. The molecule has 0 spiro atoms. The number of carbonyl (C=O) groups excluding carboxylic acids is 2. The molecule has 0 aliphatic carbocycles. The highest BCUT2D eigenvalue weighted by molar-refractivity contribution is 5.96. The van der Waals surface area contributed by atoms with Gasteiger partial charge in [0.15, 0.2) is 0 Å². The van der Waals surface area contributed by atoms with E-state index < -0.39 is 5.60 Å². The van der Waals surface area contributed by atoms with Crippen molar-refractivity contribution in [3.63, 3.8) is 0 Å². The van der Waals surface area contributed by atoms with Crippen molar-refractivity contribution >= 4 is 11.8 Å². The molecule has 1 aromatic rings. The molecule has 0 bridgehead atoms. The molecule has 2 amide bonds. The van der Waals surface area contributed by atoms with Crippen LogP contribution in [0.5, 0.6) is 0 Å². The maximum Gasteiger partial charge on any atom is 0.251 e. The molecule has 0 fully saturated rings. The Morgan fingerprint density at radius 1 is 1.32 bits per heavy atom. The number of nitrogens with one attached hydrogen (secondary N) is 2. The Kier molecular flexibility index (Phi) is 6.56. The predicted octanol–water partition coefficient (Wildman–Crippen LogP) is 1.64. The SMILES string of the molecule is CCC(C)C(C)(O)CNC(=O)CNC(=O)c1cccc(C)c1. The van der Waals surface area contributed by atoms with E-state index in [2.05, 4.69) is 10.6 Å². The van der Waals surface area contributed by atoms with Gasteiger partial charge in [0, 0.05) is 12.1 Å². The molecule has 0 heterocycles. The minimum absolute atomic E-state index is 0.0784. The second-order valence-corrected chi connectivity index (χ2v) is 6.00. The number of aryl methyl sites for hydroxylation is 1. The van der Waals surface area contributed by atoms with Gasteiger partial charge in [-0.05, 0) is 31.9 Å². The Hall–Kier alpha value is -1.88. The van der Waals surface area contributed by atoms with Crippen LogP contribution in [0, 0.1) is 12.8 Å². The zero-order chi connectivity index (χ0) is 16.8. The van der Waals surface area contributed by atoms with Crippen LogP contribution in [-0.2, 0) is 4.79 Å². The lowest BCUT2D eigenvalue weighted by molar-refractivity contribution is -0.121. The van der Waals surface area contributed by atoms with Gasteiger partial charge >= 0.3 is 0 Å². The van der Waals surface area contributed by atoms with Crippen LogP contribution in [0.1, 0.15) is 43.1 Å². The van der Waals surface area contributed by atoms with E-state index in [1.54, 1.807) is 25.1 Å². The highest BCUT2D eigenvalue weighted by atomic mass is 16.3. The largest absolute Gasteiger partial charge is 0.388 e. The molecule has 0 saturated heterocycles. The topological polar surface area (TPSA) is 78.4 Å². The quantitative estimate of drug-likeness (QED) is 0.716. The Labute approximate surface area is 132 Å². The number of hydrogen-bond acceptors (Lipinski definition) is 3. The predicted molar refractivity (Wildman–Crippen MR) is 86.6 cm³/mol. The van der Waals surface area contributed by atoms with E-state index in [-0.39, 0.29) is 30.8 Å². The summed E-state index contributed by atoms with van der Waals surface area (Å²) in [5, 5.41) is 15.4. The number of rotatable bonds is 7. The molecule has 1 aromatic carbocycles. The van der Waals surface area contributed by atoms with Crippen molar-refractivity contribution in [2.75, 3.05) is 13.1 Å². The minimum Gasteiger partial charge on any atom is -0.388 e. The standard InChI is InChI=1S/C17H26N2O3/c1-5-13(3)17(4,22)11-19-15(20)10-18-16(21)14-8-6-7-12(2)9-14/h6-9,13,22H,5,10-11H2,1-4H3,(H,18,21)(H,19,20). The van der Waals surface area contributed by atoms with Crippen LogP contribution in [0.25, 0.3) is 0 Å². The van der Waals surface area contributed by atoms with Gasteiger partial charge in [-0.2, -0.15) is 0 Å². The molecule has 3 N–H and O–H groups in total. The lowest BCUT2D eigenvalue weighted by Crippen LogP contribution is -2.47. The monoisotopic (exact) mass is 306 g/mol. The lowest BCUT2D eigenvalue weighted by atomic mass is 9.89. The fourth-order valence-electron chi connectivity index (χ4n) is 2.00. The van der Waals surface area contributed by atoms with Crippen LogP contribution in [0.2, 0.25) is 0 Å². The third kappa shape index (κ3) is 5.48. The first-order chi connectivity index (χ1) is 10.3. The van der Waals surface area contributed by atoms with Crippen molar-refractivity contribution in [3.8, 4) is 0 Å². The van der Waals surface area contributed by atoms with Crippen LogP contribution in [0.15, 0.2) is 24.3 Å². The summed E-state index contributed by atoms with van der Waals surface area (Å²) in [4.78, 5) is 23.7. The molecule has 0 saturated carbocycles. The van der Waals surface area contributed by atoms with Crippen LogP contribution in [0.4, 0.5) is 0 Å². The minimum atomic E-state index is -0.953. The van der Waals surface area contributed by atoms with Gasteiger partial charge in [0.2, 0.25) is 5.91 Å². The molecule has 5 nitrogen and oxygen atoms in total. The van der Waals surface area contributed by atoms with Crippen molar-refractivity contribution in [3.05, 3.63) is 35.4 Å². The van der Waals surface area contributed by atoms with E-state index in [9.17, 15) is 14.7 Å². The Bertz CT molecular complexity index is 526. The second kappa shape index (κ2) is 7.94. The molecule has 2 unspecified atom stereocenters. The van der Waals surface area contributed by atoms with E-state index in [0.717, 1.165) is 12.0 Å². The summed E-state index contributed by atoms with van der Waals surface area (Å²) >= 11 is 0. The summed E-state index contributed by atoms with van der Waals surface area (Å²) in [6.07, 6.45) is 0.826. The van der Waals surface area contributed by atoms with E-state index in [1.807, 2.05) is 26.8 Å². The fourth-order valence-corrected chi connectivity index (χ4v) is 2.00. The van der Waals surface area contributed by atoms with Crippen LogP contribution in [-0.4, -0.2) is 35.6 Å². The molecule has 22 heavy (non-hydrogen) atoms. The number of hydrogen-bond donors (Lipinski definition) is 3. The van der Waals surface area contributed by atoms with Crippen LogP contribution >= 0.6 is 0 Å². The average molecular weight is 306 g/mol. The summed E-state index contributed by atoms with van der Waals surface area (Å²) in [6, 6.07) is 7.17. The lowest BCUT2D eigenvalue weighted by Gasteiger charge is -2.29. The van der Waals surface area contributed by atoms with Gasteiger partial charge in [-0.25, -0.2) is 0 Å². The van der Waals surface area contributed by atoms with E-state index in [1.165, 1.54) is 0 Å². The van der Waals surface area contributed by atoms with Gasteiger partial charge in [-0.3, -0.25) is 9.59 Å². The maximum absolute atomic E-state index is 11.9. The first kappa shape index (κ1) is 18.2. The summed E-state index contributed by atoms with van der Waals surface area (Å²) in [5.74, 6) is -0.521. The molecule has 5 heteroatoms. The van der Waals surface area contributed by atoms with Crippen molar-refractivity contribution in [2.24, 2.45) is 5.92 Å². The van der Waals surface area contributed by atoms with Crippen molar-refractivity contribution in [1.82, 2.24) is 10.6 Å². The number of amides is 2.